The van der Waals surface area contributed by atoms with Crippen LogP contribution in [-0.2, 0) is 11.3 Å². The predicted molar refractivity (Wildman–Crippen MR) is 80.1 cm³/mol. The second-order valence-corrected chi connectivity index (χ2v) is 5.76. The fourth-order valence-electron chi connectivity index (χ4n) is 2.08. The highest BCUT2D eigenvalue weighted by atomic mass is 16.2. The van der Waals surface area contributed by atoms with Crippen LogP contribution in [0.2, 0.25) is 0 Å². The third-order valence-corrected chi connectivity index (χ3v) is 3.29. The Morgan fingerprint density at radius 2 is 2.19 bits per heavy atom. The van der Waals surface area contributed by atoms with E-state index < -0.39 is 6.04 Å². The summed E-state index contributed by atoms with van der Waals surface area (Å²) in [5, 5.41) is 8.61. The van der Waals surface area contributed by atoms with E-state index in [1.165, 1.54) is 0 Å². The number of imidazole rings is 1. The minimum atomic E-state index is -0.581. The van der Waals surface area contributed by atoms with Crippen molar-refractivity contribution < 1.29 is 9.59 Å². The molecule has 116 valence electrons. The maximum absolute atomic E-state index is 12.1. The minimum Gasteiger partial charge on any atom is -0.356 e. The zero-order chi connectivity index (χ0) is 15.4. The van der Waals surface area contributed by atoms with E-state index >= 15 is 0 Å². The molecule has 2 amide bonds. The van der Waals surface area contributed by atoms with Crippen LogP contribution in [-0.4, -0.2) is 40.5 Å². The Kier molecular flexibility index (Phi) is 4.82. The van der Waals surface area contributed by atoms with Gasteiger partial charge < -0.3 is 20.5 Å². The molecule has 0 spiro atoms. The molecule has 0 radical (unpaired) electrons. The van der Waals surface area contributed by atoms with Crippen LogP contribution in [0.4, 0.5) is 5.95 Å². The summed E-state index contributed by atoms with van der Waals surface area (Å²) in [5.74, 6) is 0.580. The summed E-state index contributed by atoms with van der Waals surface area (Å²) in [6.45, 7) is 8.03. The number of hydrogen-bond acceptors (Lipinski definition) is 4. The van der Waals surface area contributed by atoms with Gasteiger partial charge in [0.25, 0.3) is 5.91 Å². The fraction of sp³-hybridized carbons (Fsp3) is 0.643. The molecule has 3 N–H and O–H groups in total. The monoisotopic (exact) mass is 293 g/mol. The van der Waals surface area contributed by atoms with Crippen molar-refractivity contribution >= 4 is 17.8 Å². The van der Waals surface area contributed by atoms with E-state index in [1.54, 1.807) is 13.1 Å². The quantitative estimate of drug-likeness (QED) is 0.741. The van der Waals surface area contributed by atoms with E-state index in [1.807, 2.05) is 18.4 Å². The van der Waals surface area contributed by atoms with E-state index in [4.69, 9.17) is 0 Å². The van der Waals surface area contributed by atoms with Crippen molar-refractivity contribution in [3.63, 3.8) is 0 Å². The molecule has 21 heavy (non-hydrogen) atoms. The van der Waals surface area contributed by atoms with Gasteiger partial charge in [0.15, 0.2) is 0 Å². The second-order valence-electron chi connectivity index (χ2n) is 5.76. The number of rotatable bonds is 5. The van der Waals surface area contributed by atoms with Crippen LogP contribution in [0.25, 0.3) is 0 Å². The number of aryl methyl sites for hydroxylation is 1. The number of amides is 2. The van der Waals surface area contributed by atoms with E-state index in [-0.39, 0.29) is 11.8 Å². The summed E-state index contributed by atoms with van der Waals surface area (Å²) >= 11 is 0. The van der Waals surface area contributed by atoms with Crippen molar-refractivity contribution in [2.24, 2.45) is 5.92 Å². The standard InChI is InChI=1S/C14H23N5O2/c1-9(2)7-16-12(20)10(3)17-13(21)11-8-19-6-4-5-15-14(19)18-11/h8-10H,4-7H2,1-3H3,(H,15,18)(H,16,20)(H,17,21). The molecule has 0 aromatic carbocycles. The van der Waals surface area contributed by atoms with Crippen LogP contribution >= 0.6 is 0 Å². The first-order chi connectivity index (χ1) is 9.97. The molecular formula is C14H23N5O2. The van der Waals surface area contributed by atoms with Crippen LogP contribution in [0, 0.1) is 5.92 Å². The van der Waals surface area contributed by atoms with Gasteiger partial charge in [0.05, 0.1) is 0 Å². The maximum Gasteiger partial charge on any atom is 0.272 e. The average molecular weight is 293 g/mol. The Balaban J connectivity index is 1.91. The summed E-state index contributed by atoms with van der Waals surface area (Å²) in [4.78, 5) is 28.2. The van der Waals surface area contributed by atoms with E-state index in [0.717, 1.165) is 19.5 Å². The molecule has 0 aliphatic carbocycles. The number of nitrogens with one attached hydrogen (secondary N) is 3. The summed E-state index contributed by atoms with van der Waals surface area (Å²) in [5.41, 5.74) is 0.336. The minimum absolute atomic E-state index is 0.181. The number of fused-ring (bicyclic) bond motifs is 1. The van der Waals surface area contributed by atoms with Crippen LogP contribution in [0.1, 0.15) is 37.7 Å². The molecule has 0 saturated carbocycles. The first-order valence-electron chi connectivity index (χ1n) is 7.37. The van der Waals surface area contributed by atoms with E-state index in [2.05, 4.69) is 20.9 Å². The van der Waals surface area contributed by atoms with Gasteiger partial charge >= 0.3 is 0 Å². The molecule has 1 atom stereocenters. The van der Waals surface area contributed by atoms with Crippen LogP contribution in [0.15, 0.2) is 6.20 Å². The number of aromatic nitrogens is 2. The molecule has 1 aromatic rings. The molecule has 2 rings (SSSR count). The van der Waals surface area contributed by atoms with Crippen molar-refractivity contribution in [2.75, 3.05) is 18.4 Å². The topological polar surface area (TPSA) is 88.1 Å². The Morgan fingerprint density at radius 3 is 2.86 bits per heavy atom. The first kappa shape index (κ1) is 15.3. The van der Waals surface area contributed by atoms with Crippen LogP contribution in [0.5, 0.6) is 0 Å². The van der Waals surface area contributed by atoms with Gasteiger partial charge in [-0.15, -0.1) is 0 Å². The first-order valence-corrected chi connectivity index (χ1v) is 7.37. The summed E-state index contributed by atoms with van der Waals surface area (Å²) in [6.07, 6.45) is 2.73. The van der Waals surface area contributed by atoms with Crippen molar-refractivity contribution in [3.8, 4) is 0 Å². The molecule has 7 nitrogen and oxygen atoms in total. The van der Waals surface area contributed by atoms with Gasteiger partial charge in [0.1, 0.15) is 11.7 Å². The lowest BCUT2D eigenvalue weighted by atomic mass is 10.2. The van der Waals surface area contributed by atoms with Gasteiger partial charge in [0, 0.05) is 25.8 Å². The molecule has 1 aliphatic heterocycles. The fourth-order valence-corrected chi connectivity index (χ4v) is 2.08. The predicted octanol–water partition coefficient (Wildman–Crippen LogP) is 0.589. The van der Waals surface area contributed by atoms with Gasteiger partial charge in [-0.3, -0.25) is 9.59 Å². The van der Waals surface area contributed by atoms with E-state index in [0.29, 0.717) is 24.1 Å². The number of anilines is 1. The zero-order valence-electron chi connectivity index (χ0n) is 12.8. The smallest absolute Gasteiger partial charge is 0.272 e. The van der Waals surface area contributed by atoms with Gasteiger partial charge in [-0.1, -0.05) is 13.8 Å². The highest BCUT2D eigenvalue weighted by Crippen LogP contribution is 2.13. The lowest BCUT2D eigenvalue weighted by Gasteiger charge is -2.14. The Bertz CT molecular complexity index is 500. The van der Waals surface area contributed by atoms with Crippen molar-refractivity contribution in [1.82, 2.24) is 20.2 Å². The Labute approximate surface area is 124 Å². The number of carbonyl (C=O) groups excluding carboxylic acids is 2. The van der Waals surface area contributed by atoms with E-state index in [9.17, 15) is 9.59 Å². The molecule has 7 heteroatoms. The van der Waals surface area contributed by atoms with Crippen molar-refractivity contribution in [2.45, 2.75) is 39.8 Å². The third-order valence-electron chi connectivity index (χ3n) is 3.29. The largest absolute Gasteiger partial charge is 0.356 e. The lowest BCUT2D eigenvalue weighted by Crippen LogP contribution is -2.45. The number of nitrogens with zero attached hydrogens (tertiary/aromatic N) is 2. The molecule has 2 heterocycles. The van der Waals surface area contributed by atoms with Gasteiger partial charge in [-0.05, 0) is 19.3 Å². The summed E-state index contributed by atoms with van der Waals surface area (Å²) in [7, 11) is 0. The molecule has 1 unspecified atom stereocenters. The second kappa shape index (κ2) is 6.60. The zero-order valence-corrected chi connectivity index (χ0v) is 12.8. The van der Waals surface area contributed by atoms with Crippen LogP contribution in [0.3, 0.4) is 0 Å². The number of hydrogen-bond donors (Lipinski definition) is 3. The van der Waals surface area contributed by atoms with Gasteiger partial charge in [0.2, 0.25) is 11.9 Å². The molecule has 0 bridgehead atoms. The third kappa shape index (κ3) is 3.96. The molecule has 1 aromatic heterocycles. The summed E-state index contributed by atoms with van der Waals surface area (Å²) < 4.78 is 1.92. The Morgan fingerprint density at radius 1 is 1.43 bits per heavy atom. The highest BCUT2D eigenvalue weighted by Gasteiger charge is 2.20. The lowest BCUT2D eigenvalue weighted by molar-refractivity contribution is -0.122. The van der Waals surface area contributed by atoms with Crippen molar-refractivity contribution in [3.05, 3.63) is 11.9 Å². The molecular weight excluding hydrogens is 270 g/mol. The molecule has 1 aliphatic rings. The van der Waals surface area contributed by atoms with Gasteiger partial charge in [-0.2, -0.15) is 0 Å². The average Bonchev–Trinajstić information content (AvgIpc) is 2.88. The molecule has 0 fully saturated rings. The normalized spacial score (nSPS) is 15.0. The van der Waals surface area contributed by atoms with Crippen molar-refractivity contribution in [1.29, 1.82) is 0 Å². The maximum atomic E-state index is 12.1. The number of carbonyl (C=O) groups is 2. The van der Waals surface area contributed by atoms with Gasteiger partial charge in [-0.25, -0.2) is 4.98 Å². The Hall–Kier alpha value is -2.05. The molecule has 0 saturated heterocycles. The summed E-state index contributed by atoms with van der Waals surface area (Å²) in [6, 6.07) is -0.581. The van der Waals surface area contributed by atoms with Crippen LogP contribution < -0.4 is 16.0 Å². The SMILES string of the molecule is CC(C)CNC(=O)C(C)NC(=O)c1cn2c(n1)NCCC2. The highest BCUT2D eigenvalue weighted by molar-refractivity contribution is 5.96.